The number of ether oxygens (including phenoxy) is 2. The van der Waals surface area contributed by atoms with Gasteiger partial charge in [0.1, 0.15) is 0 Å². The maximum absolute atomic E-state index is 8.24. The molecule has 0 rings (SSSR count). The lowest BCUT2D eigenvalue weighted by Crippen LogP contribution is -2.05. The SMILES string of the molecule is CCCCOCCOCCCC#N. The van der Waals surface area contributed by atoms with Gasteiger partial charge in [0.2, 0.25) is 0 Å². The monoisotopic (exact) mass is 185 g/mol. The van der Waals surface area contributed by atoms with Gasteiger partial charge in [-0.2, -0.15) is 5.26 Å². The lowest BCUT2D eigenvalue weighted by molar-refractivity contribution is 0.0462. The van der Waals surface area contributed by atoms with E-state index in [9.17, 15) is 0 Å². The minimum absolute atomic E-state index is 0.580. The van der Waals surface area contributed by atoms with Crippen LogP contribution in [0.2, 0.25) is 0 Å². The second-order valence-corrected chi connectivity index (χ2v) is 2.84. The van der Waals surface area contributed by atoms with Crippen LogP contribution in [0.3, 0.4) is 0 Å². The first-order valence-corrected chi connectivity index (χ1v) is 4.94. The van der Waals surface area contributed by atoms with E-state index in [2.05, 4.69) is 13.0 Å². The van der Waals surface area contributed by atoms with Gasteiger partial charge >= 0.3 is 0 Å². The Balaban J connectivity index is 2.80. The Morgan fingerprint density at radius 3 is 2.15 bits per heavy atom. The fraction of sp³-hybridized carbons (Fsp3) is 0.900. The van der Waals surface area contributed by atoms with Crippen LogP contribution in [0.15, 0.2) is 0 Å². The molecule has 0 spiro atoms. The Hall–Kier alpha value is -0.590. The first-order valence-electron chi connectivity index (χ1n) is 4.94. The second-order valence-electron chi connectivity index (χ2n) is 2.84. The van der Waals surface area contributed by atoms with Crippen LogP contribution in [0.1, 0.15) is 32.6 Å². The van der Waals surface area contributed by atoms with E-state index in [1.54, 1.807) is 0 Å². The topological polar surface area (TPSA) is 42.2 Å². The van der Waals surface area contributed by atoms with Gasteiger partial charge in [-0.3, -0.25) is 0 Å². The van der Waals surface area contributed by atoms with Gasteiger partial charge in [0.25, 0.3) is 0 Å². The quantitative estimate of drug-likeness (QED) is 0.517. The molecule has 0 amide bonds. The molecule has 0 saturated carbocycles. The van der Waals surface area contributed by atoms with Crippen molar-refractivity contribution >= 4 is 0 Å². The van der Waals surface area contributed by atoms with E-state index in [-0.39, 0.29) is 0 Å². The lowest BCUT2D eigenvalue weighted by Gasteiger charge is -2.03. The van der Waals surface area contributed by atoms with Crippen LogP contribution < -0.4 is 0 Å². The molecule has 13 heavy (non-hydrogen) atoms. The summed E-state index contributed by atoms with van der Waals surface area (Å²) < 4.78 is 10.5. The van der Waals surface area contributed by atoms with Gasteiger partial charge in [0.05, 0.1) is 19.3 Å². The smallest absolute Gasteiger partial charge is 0.0700 e. The molecular weight excluding hydrogens is 166 g/mol. The van der Waals surface area contributed by atoms with Gasteiger partial charge in [0, 0.05) is 19.6 Å². The van der Waals surface area contributed by atoms with Gasteiger partial charge in [0.15, 0.2) is 0 Å². The zero-order valence-corrected chi connectivity index (χ0v) is 8.42. The number of hydrogen-bond acceptors (Lipinski definition) is 3. The average molecular weight is 185 g/mol. The van der Waals surface area contributed by atoms with Crippen LogP contribution in [0.25, 0.3) is 0 Å². The molecule has 0 aromatic carbocycles. The van der Waals surface area contributed by atoms with Crippen molar-refractivity contribution in [2.24, 2.45) is 0 Å². The Bertz CT molecular complexity index is 131. The van der Waals surface area contributed by atoms with Crippen LogP contribution in [0.5, 0.6) is 0 Å². The highest BCUT2D eigenvalue weighted by molar-refractivity contribution is 4.67. The zero-order valence-electron chi connectivity index (χ0n) is 8.42. The molecule has 0 aromatic rings. The van der Waals surface area contributed by atoms with E-state index < -0.39 is 0 Å². The highest BCUT2D eigenvalue weighted by Crippen LogP contribution is 1.90. The van der Waals surface area contributed by atoms with Crippen molar-refractivity contribution in [1.82, 2.24) is 0 Å². The van der Waals surface area contributed by atoms with Crippen molar-refractivity contribution in [3.63, 3.8) is 0 Å². The maximum atomic E-state index is 8.24. The normalized spacial score (nSPS) is 9.85. The summed E-state index contributed by atoms with van der Waals surface area (Å²) in [5.41, 5.74) is 0. The summed E-state index contributed by atoms with van der Waals surface area (Å²) in [6.45, 7) is 4.96. The van der Waals surface area contributed by atoms with Crippen molar-refractivity contribution in [3.05, 3.63) is 0 Å². The molecule has 0 aliphatic carbocycles. The number of unbranched alkanes of at least 4 members (excludes halogenated alkanes) is 2. The van der Waals surface area contributed by atoms with E-state index in [4.69, 9.17) is 14.7 Å². The van der Waals surface area contributed by atoms with Crippen LogP contribution >= 0.6 is 0 Å². The number of rotatable bonds is 9. The summed E-state index contributed by atoms with van der Waals surface area (Å²) in [5, 5.41) is 8.24. The van der Waals surface area contributed by atoms with Crippen LogP contribution in [-0.4, -0.2) is 26.4 Å². The molecule has 0 aromatic heterocycles. The van der Waals surface area contributed by atoms with Gasteiger partial charge in [-0.25, -0.2) is 0 Å². The predicted octanol–water partition coefficient (Wildman–Crippen LogP) is 2.12. The van der Waals surface area contributed by atoms with Crippen molar-refractivity contribution in [2.75, 3.05) is 26.4 Å². The molecular formula is C10H19NO2. The minimum atomic E-state index is 0.580. The van der Waals surface area contributed by atoms with Crippen LogP contribution in [0.4, 0.5) is 0 Å². The van der Waals surface area contributed by atoms with E-state index in [1.165, 1.54) is 6.42 Å². The minimum Gasteiger partial charge on any atom is -0.379 e. The van der Waals surface area contributed by atoms with E-state index in [0.717, 1.165) is 19.4 Å². The molecule has 0 aliphatic heterocycles. The Morgan fingerprint density at radius 1 is 1.00 bits per heavy atom. The van der Waals surface area contributed by atoms with Crippen molar-refractivity contribution in [1.29, 1.82) is 5.26 Å². The first kappa shape index (κ1) is 12.4. The summed E-state index contributed by atoms with van der Waals surface area (Å²) in [5.74, 6) is 0. The molecule has 76 valence electrons. The van der Waals surface area contributed by atoms with Crippen LogP contribution in [-0.2, 0) is 9.47 Å². The highest BCUT2D eigenvalue weighted by atomic mass is 16.5. The largest absolute Gasteiger partial charge is 0.379 e. The molecule has 0 N–H and O–H groups in total. The zero-order chi connectivity index (χ0) is 9.78. The van der Waals surface area contributed by atoms with Crippen molar-refractivity contribution in [3.8, 4) is 6.07 Å². The van der Waals surface area contributed by atoms with Gasteiger partial charge in [-0.15, -0.1) is 0 Å². The molecule has 0 radical (unpaired) electrons. The third-order valence-corrected chi connectivity index (χ3v) is 1.59. The predicted molar refractivity (Wildman–Crippen MR) is 51.4 cm³/mol. The van der Waals surface area contributed by atoms with Gasteiger partial charge in [-0.1, -0.05) is 13.3 Å². The maximum Gasteiger partial charge on any atom is 0.0700 e. The highest BCUT2D eigenvalue weighted by Gasteiger charge is 1.89. The third kappa shape index (κ3) is 11.4. The molecule has 0 heterocycles. The molecule has 0 saturated heterocycles. The molecule has 0 bridgehead atoms. The van der Waals surface area contributed by atoms with Crippen LogP contribution in [0, 0.1) is 11.3 Å². The Kier molecular flexibility index (Phi) is 10.9. The number of nitrogens with zero attached hydrogens (tertiary/aromatic N) is 1. The third-order valence-electron chi connectivity index (χ3n) is 1.59. The van der Waals surface area contributed by atoms with Gasteiger partial charge in [-0.05, 0) is 12.8 Å². The number of nitriles is 1. The summed E-state index contributed by atoms with van der Waals surface area (Å²) >= 11 is 0. The van der Waals surface area contributed by atoms with Crippen molar-refractivity contribution in [2.45, 2.75) is 32.6 Å². The first-order chi connectivity index (χ1) is 6.41. The Labute approximate surface area is 80.6 Å². The number of hydrogen-bond donors (Lipinski definition) is 0. The summed E-state index contributed by atoms with van der Waals surface area (Å²) in [4.78, 5) is 0. The van der Waals surface area contributed by atoms with Crippen molar-refractivity contribution < 1.29 is 9.47 Å². The molecule has 0 fully saturated rings. The molecule has 0 unspecified atom stereocenters. The fourth-order valence-corrected chi connectivity index (χ4v) is 0.822. The van der Waals surface area contributed by atoms with Gasteiger partial charge < -0.3 is 9.47 Å². The standard InChI is InChI=1S/C10H19NO2/c1-2-3-7-12-9-10-13-8-5-4-6-11/h2-5,7-10H2,1H3. The second kappa shape index (κ2) is 11.4. The molecule has 0 atom stereocenters. The fourth-order valence-electron chi connectivity index (χ4n) is 0.822. The van der Waals surface area contributed by atoms with E-state index >= 15 is 0 Å². The summed E-state index contributed by atoms with van der Waals surface area (Å²) in [6, 6.07) is 2.08. The van der Waals surface area contributed by atoms with E-state index in [0.29, 0.717) is 26.2 Å². The Morgan fingerprint density at radius 2 is 1.62 bits per heavy atom. The van der Waals surface area contributed by atoms with E-state index in [1.807, 2.05) is 0 Å². The average Bonchev–Trinajstić information content (AvgIpc) is 2.16. The lowest BCUT2D eigenvalue weighted by atomic mass is 10.3. The molecule has 3 heteroatoms. The molecule has 3 nitrogen and oxygen atoms in total. The molecule has 0 aliphatic rings. The summed E-state index contributed by atoms with van der Waals surface area (Å²) in [7, 11) is 0. The summed E-state index contributed by atoms with van der Waals surface area (Å²) in [6.07, 6.45) is 3.69.